The maximum Gasteiger partial charge on any atom is 0.335 e. The van der Waals surface area contributed by atoms with Crippen molar-refractivity contribution < 1.29 is 20.1 Å². The summed E-state index contributed by atoms with van der Waals surface area (Å²) in [7, 11) is 0. The van der Waals surface area contributed by atoms with Gasteiger partial charge in [-0.15, -0.1) is 10.2 Å². The fourth-order valence-electron chi connectivity index (χ4n) is 1.43. The normalized spacial score (nSPS) is 14.1. The molecule has 2 unspecified atom stereocenters. The summed E-state index contributed by atoms with van der Waals surface area (Å²) in [6, 6.07) is 6.17. The number of aromatic nitrogens is 4. The Kier molecular flexibility index (Phi) is 3.31. The van der Waals surface area contributed by atoms with E-state index in [4.69, 9.17) is 5.11 Å². The highest BCUT2D eigenvalue weighted by Crippen LogP contribution is 2.20. The predicted octanol–water partition coefficient (Wildman–Crippen LogP) is -0.654. The number of carbonyl (C=O) groups is 1. The van der Waals surface area contributed by atoms with Crippen LogP contribution in [0.15, 0.2) is 24.3 Å². The van der Waals surface area contributed by atoms with E-state index >= 15 is 0 Å². The monoisotopic (exact) mass is 250 g/mol. The van der Waals surface area contributed by atoms with Crippen LogP contribution in [0, 0.1) is 0 Å². The molecule has 0 saturated carbocycles. The Bertz CT molecular complexity index is 525. The zero-order chi connectivity index (χ0) is 13.1. The predicted molar refractivity (Wildman–Crippen MR) is 58.2 cm³/mol. The van der Waals surface area contributed by atoms with E-state index in [9.17, 15) is 15.0 Å². The molecule has 0 amide bonds. The van der Waals surface area contributed by atoms with Gasteiger partial charge >= 0.3 is 5.97 Å². The fourth-order valence-corrected chi connectivity index (χ4v) is 1.43. The zero-order valence-corrected chi connectivity index (χ0v) is 9.06. The van der Waals surface area contributed by atoms with Gasteiger partial charge in [0.05, 0.1) is 0 Å². The number of aliphatic carboxylic acids is 1. The summed E-state index contributed by atoms with van der Waals surface area (Å²) in [5.74, 6) is -1.10. The van der Waals surface area contributed by atoms with Gasteiger partial charge in [0.15, 0.2) is 6.10 Å². The quantitative estimate of drug-likeness (QED) is 0.566. The van der Waals surface area contributed by atoms with Gasteiger partial charge in [-0.1, -0.05) is 24.3 Å². The number of benzene rings is 1. The van der Waals surface area contributed by atoms with E-state index in [0.29, 0.717) is 11.4 Å². The number of tetrazole rings is 1. The van der Waals surface area contributed by atoms with Gasteiger partial charge in [0.1, 0.15) is 6.10 Å². The van der Waals surface area contributed by atoms with Crippen LogP contribution in [0.4, 0.5) is 0 Å². The second-order valence-electron chi connectivity index (χ2n) is 3.59. The van der Waals surface area contributed by atoms with Crippen LogP contribution >= 0.6 is 0 Å². The van der Waals surface area contributed by atoms with Crippen LogP contribution in [0.3, 0.4) is 0 Å². The number of aliphatic hydroxyl groups is 2. The van der Waals surface area contributed by atoms with Crippen LogP contribution in [0.1, 0.15) is 11.7 Å². The van der Waals surface area contributed by atoms with Gasteiger partial charge in [0.2, 0.25) is 5.82 Å². The Labute approximate surface area is 101 Å². The molecule has 1 aromatic heterocycles. The molecule has 0 saturated heterocycles. The molecule has 4 N–H and O–H groups in total. The third kappa shape index (κ3) is 2.34. The number of carboxylic acids is 1. The van der Waals surface area contributed by atoms with E-state index in [1.165, 1.54) is 12.1 Å². The minimum atomic E-state index is -1.86. The Morgan fingerprint density at radius 2 is 1.89 bits per heavy atom. The first-order valence-corrected chi connectivity index (χ1v) is 5.02. The topological polar surface area (TPSA) is 132 Å². The highest BCUT2D eigenvalue weighted by Gasteiger charge is 2.24. The van der Waals surface area contributed by atoms with Crippen molar-refractivity contribution >= 4 is 5.97 Å². The highest BCUT2D eigenvalue weighted by molar-refractivity contribution is 5.73. The molecule has 2 aromatic rings. The van der Waals surface area contributed by atoms with Gasteiger partial charge in [0.25, 0.3) is 0 Å². The number of carboxylic acid groups (broad SMARTS) is 1. The Morgan fingerprint density at radius 3 is 2.39 bits per heavy atom. The van der Waals surface area contributed by atoms with Gasteiger partial charge < -0.3 is 15.3 Å². The van der Waals surface area contributed by atoms with Crippen molar-refractivity contribution in [2.24, 2.45) is 0 Å². The average Bonchev–Trinajstić information content (AvgIpc) is 2.91. The number of hydrogen-bond acceptors (Lipinski definition) is 6. The highest BCUT2D eigenvalue weighted by atomic mass is 16.4. The number of nitrogens with one attached hydrogen (secondary N) is 1. The molecule has 1 aromatic carbocycles. The maximum absolute atomic E-state index is 10.5. The van der Waals surface area contributed by atoms with Crippen molar-refractivity contribution in [3.05, 3.63) is 29.8 Å². The van der Waals surface area contributed by atoms with E-state index < -0.39 is 18.2 Å². The maximum atomic E-state index is 10.5. The molecule has 0 aliphatic rings. The lowest BCUT2D eigenvalue weighted by Gasteiger charge is -2.14. The molecular weight excluding hydrogens is 240 g/mol. The smallest absolute Gasteiger partial charge is 0.335 e. The van der Waals surface area contributed by atoms with Gasteiger partial charge in [-0.25, -0.2) is 4.79 Å². The number of H-pyrrole nitrogens is 1. The van der Waals surface area contributed by atoms with Gasteiger partial charge in [-0.2, -0.15) is 5.21 Å². The van der Waals surface area contributed by atoms with Crippen molar-refractivity contribution in [3.8, 4) is 11.4 Å². The van der Waals surface area contributed by atoms with Crippen molar-refractivity contribution in [1.29, 1.82) is 0 Å². The molecular formula is C10H10N4O4. The lowest BCUT2D eigenvalue weighted by atomic mass is 10.0. The first-order chi connectivity index (χ1) is 8.59. The summed E-state index contributed by atoms with van der Waals surface area (Å²) in [4.78, 5) is 10.5. The van der Waals surface area contributed by atoms with E-state index in [1.54, 1.807) is 12.1 Å². The number of rotatable bonds is 4. The van der Waals surface area contributed by atoms with Crippen LogP contribution in [-0.4, -0.2) is 48.0 Å². The standard InChI is InChI=1S/C10H10N4O4/c15-7(8(16)10(17)18)5-1-3-6(4-2-5)9-11-13-14-12-9/h1-4,7-8,15-16H,(H,17,18)(H,11,12,13,14). The summed E-state index contributed by atoms with van der Waals surface area (Å²) in [5.41, 5.74) is 0.946. The summed E-state index contributed by atoms with van der Waals surface area (Å²) in [6.45, 7) is 0. The summed E-state index contributed by atoms with van der Waals surface area (Å²) in [6.07, 6.45) is -3.34. The molecule has 0 fully saturated rings. The third-order valence-corrected chi connectivity index (χ3v) is 2.41. The van der Waals surface area contributed by atoms with Gasteiger partial charge in [0, 0.05) is 5.56 Å². The number of nitrogens with zero attached hydrogens (tertiary/aromatic N) is 3. The number of aliphatic hydroxyl groups excluding tert-OH is 2. The summed E-state index contributed by atoms with van der Waals surface area (Å²) < 4.78 is 0. The molecule has 2 rings (SSSR count). The largest absolute Gasteiger partial charge is 0.479 e. The lowest BCUT2D eigenvalue weighted by molar-refractivity contribution is -0.153. The molecule has 0 bridgehead atoms. The molecule has 18 heavy (non-hydrogen) atoms. The molecule has 0 spiro atoms. The number of aromatic amines is 1. The van der Waals surface area contributed by atoms with Crippen molar-refractivity contribution in [2.45, 2.75) is 12.2 Å². The van der Waals surface area contributed by atoms with E-state index in [2.05, 4.69) is 20.6 Å². The van der Waals surface area contributed by atoms with Gasteiger partial charge in [-0.3, -0.25) is 0 Å². The first kappa shape index (κ1) is 12.1. The molecule has 0 aliphatic carbocycles. The van der Waals surface area contributed by atoms with Crippen LogP contribution in [0.2, 0.25) is 0 Å². The van der Waals surface area contributed by atoms with Crippen molar-refractivity contribution in [1.82, 2.24) is 20.6 Å². The van der Waals surface area contributed by atoms with E-state index in [1.807, 2.05) is 0 Å². The second-order valence-corrected chi connectivity index (χ2v) is 3.59. The molecule has 8 nitrogen and oxygen atoms in total. The van der Waals surface area contributed by atoms with Crippen LogP contribution in [0.25, 0.3) is 11.4 Å². The summed E-state index contributed by atoms with van der Waals surface area (Å²) >= 11 is 0. The Hall–Kier alpha value is -2.32. The molecule has 0 aliphatic heterocycles. The van der Waals surface area contributed by atoms with E-state index in [0.717, 1.165) is 0 Å². The number of hydrogen-bond donors (Lipinski definition) is 4. The Morgan fingerprint density at radius 1 is 1.22 bits per heavy atom. The van der Waals surface area contributed by atoms with Crippen molar-refractivity contribution in [2.75, 3.05) is 0 Å². The summed E-state index contributed by atoms with van der Waals surface area (Å²) in [5, 5.41) is 40.6. The van der Waals surface area contributed by atoms with Gasteiger partial charge in [-0.05, 0) is 10.8 Å². The van der Waals surface area contributed by atoms with Crippen LogP contribution in [0.5, 0.6) is 0 Å². The molecule has 0 radical (unpaired) electrons. The van der Waals surface area contributed by atoms with Crippen LogP contribution in [-0.2, 0) is 4.79 Å². The molecule has 8 heteroatoms. The second kappa shape index (κ2) is 4.90. The molecule has 2 atom stereocenters. The van der Waals surface area contributed by atoms with E-state index in [-0.39, 0.29) is 5.56 Å². The molecule has 1 heterocycles. The zero-order valence-electron chi connectivity index (χ0n) is 9.06. The Balaban J connectivity index is 2.20. The van der Waals surface area contributed by atoms with Crippen molar-refractivity contribution in [3.63, 3.8) is 0 Å². The minimum absolute atomic E-state index is 0.289. The average molecular weight is 250 g/mol. The molecule has 94 valence electrons. The first-order valence-electron chi connectivity index (χ1n) is 5.02. The third-order valence-electron chi connectivity index (χ3n) is 2.41. The SMILES string of the molecule is O=C(O)C(O)C(O)c1ccc(-c2nn[nH]n2)cc1. The van der Waals surface area contributed by atoms with Crippen LogP contribution < -0.4 is 0 Å². The minimum Gasteiger partial charge on any atom is -0.479 e. The lowest BCUT2D eigenvalue weighted by Crippen LogP contribution is -2.27. The fraction of sp³-hybridized carbons (Fsp3) is 0.200.